The molecule has 0 saturated heterocycles. The zero-order valence-corrected chi connectivity index (χ0v) is 9.79. The predicted octanol–water partition coefficient (Wildman–Crippen LogP) is 1.48. The van der Waals surface area contributed by atoms with Gasteiger partial charge in [-0.2, -0.15) is 0 Å². The van der Waals surface area contributed by atoms with Crippen LogP contribution in [0.5, 0.6) is 0 Å². The van der Waals surface area contributed by atoms with E-state index in [1.165, 1.54) is 0 Å². The molecule has 0 bridgehead atoms. The lowest BCUT2D eigenvalue weighted by Gasteiger charge is -2.05. The Morgan fingerprint density at radius 2 is 2.31 bits per heavy atom. The first-order valence-corrected chi connectivity index (χ1v) is 5.90. The molecule has 0 radical (unpaired) electrons. The summed E-state index contributed by atoms with van der Waals surface area (Å²) >= 11 is 1.61. The number of nitrogens with two attached hydrogens (primary N) is 1. The van der Waals surface area contributed by atoms with Gasteiger partial charge in [-0.25, -0.2) is 15.0 Å². The largest absolute Gasteiger partial charge is 0.384 e. The molecule has 0 amide bonds. The van der Waals surface area contributed by atoms with Gasteiger partial charge < -0.3 is 11.1 Å². The second-order valence-electron chi connectivity index (χ2n) is 3.38. The molecule has 0 atom stereocenters. The van der Waals surface area contributed by atoms with Crippen LogP contribution in [-0.4, -0.2) is 21.5 Å². The lowest BCUT2D eigenvalue weighted by atomic mass is 10.3. The summed E-state index contributed by atoms with van der Waals surface area (Å²) in [6.07, 6.45) is 0.881. The number of hydrogen-bond acceptors (Lipinski definition) is 6. The Morgan fingerprint density at radius 3 is 3.00 bits per heavy atom. The van der Waals surface area contributed by atoms with Crippen LogP contribution < -0.4 is 11.1 Å². The molecule has 84 valence electrons. The monoisotopic (exact) mass is 235 g/mol. The number of thiazole rings is 1. The number of rotatable bonds is 4. The third-order valence-corrected chi connectivity index (χ3v) is 2.66. The summed E-state index contributed by atoms with van der Waals surface area (Å²) < 4.78 is 0. The first kappa shape index (κ1) is 10.8. The molecule has 6 heteroatoms. The average molecular weight is 235 g/mol. The SMILES string of the molecule is Cc1nc(N)cc(NCCc2cscn2)n1. The van der Waals surface area contributed by atoms with E-state index in [9.17, 15) is 0 Å². The number of aromatic nitrogens is 3. The van der Waals surface area contributed by atoms with Crippen LogP contribution in [0, 0.1) is 6.92 Å². The smallest absolute Gasteiger partial charge is 0.131 e. The molecule has 2 rings (SSSR count). The van der Waals surface area contributed by atoms with E-state index in [0.717, 1.165) is 24.5 Å². The number of nitrogens with zero attached hydrogens (tertiary/aromatic N) is 3. The van der Waals surface area contributed by atoms with Crippen molar-refractivity contribution in [2.24, 2.45) is 0 Å². The van der Waals surface area contributed by atoms with Gasteiger partial charge in [0.15, 0.2) is 0 Å². The first-order chi connectivity index (χ1) is 7.74. The topological polar surface area (TPSA) is 76.7 Å². The second kappa shape index (κ2) is 4.89. The highest BCUT2D eigenvalue weighted by atomic mass is 32.1. The highest BCUT2D eigenvalue weighted by Crippen LogP contribution is 2.08. The summed E-state index contributed by atoms with van der Waals surface area (Å²) in [4.78, 5) is 12.4. The molecule has 16 heavy (non-hydrogen) atoms. The second-order valence-corrected chi connectivity index (χ2v) is 4.10. The van der Waals surface area contributed by atoms with Gasteiger partial charge in [0, 0.05) is 24.4 Å². The Morgan fingerprint density at radius 1 is 1.44 bits per heavy atom. The summed E-state index contributed by atoms with van der Waals surface area (Å²) in [5.74, 6) is 1.93. The Balaban J connectivity index is 1.89. The van der Waals surface area contributed by atoms with Gasteiger partial charge in [0.2, 0.25) is 0 Å². The van der Waals surface area contributed by atoms with Crippen molar-refractivity contribution < 1.29 is 0 Å². The van der Waals surface area contributed by atoms with Gasteiger partial charge in [0.25, 0.3) is 0 Å². The first-order valence-electron chi connectivity index (χ1n) is 4.96. The molecule has 3 N–H and O–H groups in total. The molecule has 0 saturated carbocycles. The van der Waals surface area contributed by atoms with Gasteiger partial charge in [0.05, 0.1) is 11.2 Å². The van der Waals surface area contributed by atoms with E-state index < -0.39 is 0 Å². The van der Waals surface area contributed by atoms with Gasteiger partial charge >= 0.3 is 0 Å². The lowest BCUT2D eigenvalue weighted by Crippen LogP contribution is -2.08. The van der Waals surface area contributed by atoms with E-state index >= 15 is 0 Å². The third-order valence-electron chi connectivity index (χ3n) is 2.03. The van der Waals surface area contributed by atoms with E-state index in [2.05, 4.69) is 20.3 Å². The van der Waals surface area contributed by atoms with Gasteiger partial charge in [0.1, 0.15) is 17.5 Å². The molecular weight excluding hydrogens is 222 g/mol. The molecule has 2 heterocycles. The fourth-order valence-corrected chi connectivity index (χ4v) is 1.95. The van der Waals surface area contributed by atoms with Crippen molar-refractivity contribution >= 4 is 23.0 Å². The van der Waals surface area contributed by atoms with Gasteiger partial charge in [-0.3, -0.25) is 0 Å². The summed E-state index contributed by atoms with van der Waals surface area (Å²) in [5.41, 5.74) is 8.55. The van der Waals surface area contributed by atoms with Crippen molar-refractivity contribution in [1.82, 2.24) is 15.0 Å². The van der Waals surface area contributed by atoms with Gasteiger partial charge in [-0.05, 0) is 6.92 Å². The molecule has 0 unspecified atom stereocenters. The molecule has 0 fully saturated rings. The van der Waals surface area contributed by atoms with E-state index in [-0.39, 0.29) is 0 Å². The van der Waals surface area contributed by atoms with E-state index in [0.29, 0.717) is 11.6 Å². The minimum absolute atomic E-state index is 0.489. The summed E-state index contributed by atoms with van der Waals surface area (Å²) in [7, 11) is 0. The Kier molecular flexibility index (Phi) is 3.31. The van der Waals surface area contributed by atoms with E-state index in [4.69, 9.17) is 5.73 Å². The minimum atomic E-state index is 0.489. The molecule has 2 aromatic heterocycles. The fraction of sp³-hybridized carbons (Fsp3) is 0.300. The molecular formula is C10H13N5S. The number of aryl methyl sites for hydroxylation is 1. The van der Waals surface area contributed by atoms with Crippen LogP contribution in [0.2, 0.25) is 0 Å². The Labute approximate surface area is 97.8 Å². The van der Waals surface area contributed by atoms with Crippen molar-refractivity contribution in [3.63, 3.8) is 0 Å². The van der Waals surface area contributed by atoms with E-state index in [1.54, 1.807) is 17.4 Å². The number of anilines is 2. The average Bonchev–Trinajstić information content (AvgIpc) is 2.69. The fourth-order valence-electron chi connectivity index (χ4n) is 1.36. The maximum absolute atomic E-state index is 5.62. The predicted molar refractivity (Wildman–Crippen MR) is 65.5 cm³/mol. The molecule has 0 spiro atoms. The molecule has 5 nitrogen and oxygen atoms in total. The Bertz CT molecular complexity index is 434. The van der Waals surface area contributed by atoms with Crippen LogP contribution in [0.4, 0.5) is 11.6 Å². The van der Waals surface area contributed by atoms with Crippen LogP contribution in [0.15, 0.2) is 17.0 Å². The summed E-state index contributed by atoms with van der Waals surface area (Å²) in [6, 6.07) is 1.73. The quantitative estimate of drug-likeness (QED) is 0.839. The van der Waals surface area contributed by atoms with Crippen LogP contribution in [0.1, 0.15) is 11.5 Å². The van der Waals surface area contributed by atoms with Gasteiger partial charge in [-0.15, -0.1) is 11.3 Å². The van der Waals surface area contributed by atoms with Crippen molar-refractivity contribution in [3.05, 3.63) is 28.5 Å². The normalized spacial score (nSPS) is 10.3. The highest BCUT2D eigenvalue weighted by molar-refractivity contribution is 7.07. The maximum atomic E-state index is 5.62. The van der Waals surface area contributed by atoms with Crippen LogP contribution >= 0.6 is 11.3 Å². The number of hydrogen-bond donors (Lipinski definition) is 2. The molecule has 0 aliphatic carbocycles. The van der Waals surface area contributed by atoms with Crippen molar-refractivity contribution in [2.75, 3.05) is 17.6 Å². The molecule has 0 aromatic carbocycles. The number of nitrogen functional groups attached to an aromatic ring is 1. The maximum Gasteiger partial charge on any atom is 0.131 e. The van der Waals surface area contributed by atoms with Gasteiger partial charge in [-0.1, -0.05) is 0 Å². The summed E-state index contributed by atoms with van der Waals surface area (Å²) in [6.45, 7) is 2.61. The molecule has 2 aromatic rings. The van der Waals surface area contributed by atoms with E-state index in [1.807, 2.05) is 17.8 Å². The third kappa shape index (κ3) is 2.90. The zero-order valence-electron chi connectivity index (χ0n) is 8.97. The summed E-state index contributed by atoms with van der Waals surface area (Å²) in [5, 5.41) is 5.24. The highest BCUT2D eigenvalue weighted by Gasteiger charge is 1.99. The van der Waals surface area contributed by atoms with Crippen molar-refractivity contribution in [3.8, 4) is 0 Å². The minimum Gasteiger partial charge on any atom is -0.384 e. The Hall–Kier alpha value is -1.69. The van der Waals surface area contributed by atoms with Crippen LogP contribution in [0.25, 0.3) is 0 Å². The molecule has 0 aliphatic rings. The molecule has 0 aliphatic heterocycles. The standard InChI is InChI=1S/C10H13N5S/c1-7-14-9(11)4-10(15-7)12-3-2-8-5-16-6-13-8/h4-6H,2-3H2,1H3,(H3,11,12,14,15). The number of nitrogens with one attached hydrogen (secondary N) is 1. The van der Waals surface area contributed by atoms with Crippen LogP contribution in [-0.2, 0) is 6.42 Å². The van der Waals surface area contributed by atoms with Crippen molar-refractivity contribution in [2.45, 2.75) is 13.3 Å². The van der Waals surface area contributed by atoms with Crippen LogP contribution in [0.3, 0.4) is 0 Å². The lowest BCUT2D eigenvalue weighted by molar-refractivity contribution is 0.956. The van der Waals surface area contributed by atoms with Crippen molar-refractivity contribution in [1.29, 1.82) is 0 Å². The zero-order chi connectivity index (χ0) is 11.4.